The minimum absolute atomic E-state index is 0.0453. The number of para-hydroxylation sites is 3. The van der Waals surface area contributed by atoms with Crippen LogP contribution in [0.3, 0.4) is 0 Å². The van der Waals surface area contributed by atoms with Crippen molar-refractivity contribution in [2.24, 2.45) is 0 Å². The first-order chi connectivity index (χ1) is 10.4. The summed E-state index contributed by atoms with van der Waals surface area (Å²) >= 11 is 0. The Morgan fingerprint density at radius 3 is 2.24 bits per heavy atom. The highest BCUT2D eigenvalue weighted by molar-refractivity contribution is 7.34. The molecule has 0 unspecified atom stereocenters. The zero-order chi connectivity index (χ0) is 14.2. The predicted molar refractivity (Wildman–Crippen MR) is 88.0 cm³/mol. The maximum Gasteiger partial charge on any atom is 0.194 e. The Morgan fingerprint density at radius 2 is 1.43 bits per heavy atom. The number of hydrogen-bond donors (Lipinski definition) is 0. The fraction of sp³-hybridized carbons (Fsp3) is 0. The van der Waals surface area contributed by atoms with Gasteiger partial charge in [-0.2, -0.15) is 0 Å². The third-order valence-corrected chi connectivity index (χ3v) is 4.34. The van der Waals surface area contributed by atoms with Crippen LogP contribution in [-0.4, -0.2) is 4.57 Å². The van der Waals surface area contributed by atoms with Crippen LogP contribution >= 0.6 is 8.46 Å². The summed E-state index contributed by atoms with van der Waals surface area (Å²) in [5.41, 5.74) is 3.23. The first-order valence-corrected chi connectivity index (χ1v) is 7.62. The molecule has 4 aromatic rings. The second kappa shape index (κ2) is 4.83. The van der Waals surface area contributed by atoms with E-state index in [1.807, 2.05) is 42.5 Å². The van der Waals surface area contributed by atoms with Gasteiger partial charge in [0, 0.05) is 16.5 Å². The van der Waals surface area contributed by atoms with E-state index in [9.17, 15) is 4.57 Å². The molecule has 21 heavy (non-hydrogen) atoms. The molecule has 4 rings (SSSR count). The van der Waals surface area contributed by atoms with Crippen LogP contribution in [-0.2, 0) is 4.57 Å². The molecule has 100 valence electrons. The molecule has 0 N–H and O–H groups in total. The molecule has 0 spiro atoms. The number of benzene rings is 3. The second-order valence-corrected chi connectivity index (χ2v) is 5.62. The van der Waals surface area contributed by atoms with Gasteiger partial charge in [-0.1, -0.05) is 48.5 Å². The van der Waals surface area contributed by atoms with Crippen LogP contribution in [0.25, 0.3) is 27.5 Å². The van der Waals surface area contributed by atoms with E-state index < -0.39 is 0 Å². The molecule has 0 atom stereocenters. The lowest BCUT2D eigenvalue weighted by molar-refractivity contribution is 0.603. The van der Waals surface area contributed by atoms with Crippen LogP contribution in [0.4, 0.5) is 0 Å². The van der Waals surface area contributed by atoms with Crippen molar-refractivity contribution in [3.8, 4) is 5.69 Å². The predicted octanol–water partition coefficient (Wildman–Crippen LogP) is 4.70. The summed E-state index contributed by atoms with van der Waals surface area (Å²) in [5, 5.41) is 3.13. The van der Waals surface area contributed by atoms with E-state index in [0.717, 1.165) is 27.4 Å². The van der Waals surface area contributed by atoms with Crippen LogP contribution in [0.1, 0.15) is 0 Å². The molecule has 3 aromatic carbocycles. The van der Waals surface area contributed by atoms with E-state index in [2.05, 4.69) is 34.9 Å². The van der Waals surface area contributed by atoms with Crippen molar-refractivity contribution in [2.75, 3.05) is 0 Å². The van der Waals surface area contributed by atoms with Gasteiger partial charge in [-0.15, -0.1) is 0 Å². The highest BCUT2D eigenvalue weighted by Crippen LogP contribution is 2.31. The molecular weight excluding hydrogens is 277 g/mol. The Morgan fingerprint density at radius 1 is 0.714 bits per heavy atom. The van der Waals surface area contributed by atoms with Crippen molar-refractivity contribution in [2.45, 2.75) is 0 Å². The van der Waals surface area contributed by atoms with Gasteiger partial charge in [0.25, 0.3) is 0 Å². The number of hydrogen-bond acceptors (Lipinski definition) is 1. The number of rotatable bonds is 2. The van der Waals surface area contributed by atoms with Gasteiger partial charge in [-0.05, 0) is 24.3 Å². The van der Waals surface area contributed by atoms with E-state index in [-0.39, 0.29) is 8.46 Å². The van der Waals surface area contributed by atoms with Crippen LogP contribution in [0.2, 0.25) is 0 Å². The molecule has 0 saturated heterocycles. The lowest BCUT2D eigenvalue weighted by atomic mass is 10.1. The molecule has 0 aliphatic carbocycles. The Kier molecular flexibility index (Phi) is 2.83. The summed E-state index contributed by atoms with van der Waals surface area (Å²) in [5.74, 6) is 0. The monoisotopic (exact) mass is 289 g/mol. The van der Waals surface area contributed by atoms with E-state index in [1.165, 1.54) is 5.39 Å². The smallest absolute Gasteiger partial charge is 0.194 e. The number of nitrogens with zero attached hydrogens (tertiary/aromatic N) is 1. The zero-order valence-corrected chi connectivity index (χ0v) is 12.1. The molecule has 0 aliphatic rings. The van der Waals surface area contributed by atoms with Gasteiger partial charge in [0.05, 0.1) is 16.3 Å². The van der Waals surface area contributed by atoms with E-state index in [1.54, 1.807) is 0 Å². The largest absolute Gasteiger partial charge is 0.308 e. The first kappa shape index (κ1) is 12.3. The minimum Gasteiger partial charge on any atom is -0.308 e. The molecule has 1 aromatic heterocycles. The molecule has 0 saturated carbocycles. The van der Waals surface area contributed by atoms with E-state index in [0.29, 0.717) is 0 Å². The van der Waals surface area contributed by atoms with E-state index in [4.69, 9.17) is 0 Å². The van der Waals surface area contributed by atoms with Crippen molar-refractivity contribution >= 4 is 35.6 Å². The van der Waals surface area contributed by atoms with Crippen LogP contribution < -0.4 is 5.30 Å². The standard InChI is InChI=1S/C18H12NOP/c20-21-17-12-6-10-15-14-9-4-5-11-16(14)19(18(15)17)13-7-2-1-3-8-13/h1-12H. The molecule has 0 fully saturated rings. The van der Waals surface area contributed by atoms with Crippen molar-refractivity contribution < 1.29 is 4.57 Å². The molecule has 0 aliphatic heterocycles. The number of fused-ring (bicyclic) bond motifs is 3. The van der Waals surface area contributed by atoms with Gasteiger partial charge in [0.1, 0.15) is 0 Å². The Bertz CT molecular complexity index is 957. The lowest BCUT2D eigenvalue weighted by Crippen LogP contribution is -2.01. The Balaban J connectivity index is 2.28. The SMILES string of the molecule is O=Pc1cccc2c3ccccc3n(-c3ccccc3)c12. The van der Waals surface area contributed by atoms with Gasteiger partial charge < -0.3 is 4.57 Å². The summed E-state index contributed by atoms with van der Waals surface area (Å²) in [4.78, 5) is 0. The van der Waals surface area contributed by atoms with Crippen molar-refractivity contribution in [1.29, 1.82) is 0 Å². The Labute approximate surface area is 123 Å². The highest BCUT2D eigenvalue weighted by atomic mass is 31.1. The quantitative estimate of drug-likeness (QED) is 0.490. The zero-order valence-electron chi connectivity index (χ0n) is 11.2. The average Bonchev–Trinajstić information content (AvgIpc) is 2.90. The molecule has 2 nitrogen and oxygen atoms in total. The van der Waals surface area contributed by atoms with Crippen LogP contribution in [0.5, 0.6) is 0 Å². The fourth-order valence-electron chi connectivity index (χ4n) is 2.92. The number of aromatic nitrogens is 1. The van der Waals surface area contributed by atoms with Gasteiger partial charge in [0.2, 0.25) is 0 Å². The molecule has 1 heterocycles. The first-order valence-electron chi connectivity index (χ1n) is 6.81. The minimum atomic E-state index is 0.0453. The third kappa shape index (κ3) is 1.80. The molecular formula is C18H12NOP. The topological polar surface area (TPSA) is 22.0 Å². The van der Waals surface area contributed by atoms with Crippen LogP contribution in [0.15, 0.2) is 72.8 Å². The van der Waals surface area contributed by atoms with Crippen molar-refractivity contribution in [1.82, 2.24) is 4.57 Å². The van der Waals surface area contributed by atoms with Gasteiger partial charge in [0.15, 0.2) is 8.46 Å². The maximum absolute atomic E-state index is 11.6. The van der Waals surface area contributed by atoms with Crippen LogP contribution in [0, 0.1) is 0 Å². The third-order valence-electron chi connectivity index (χ3n) is 3.79. The summed E-state index contributed by atoms with van der Waals surface area (Å²) in [6.07, 6.45) is 0. The van der Waals surface area contributed by atoms with E-state index >= 15 is 0 Å². The maximum atomic E-state index is 11.6. The van der Waals surface area contributed by atoms with Crippen molar-refractivity contribution in [3.05, 3.63) is 72.8 Å². The van der Waals surface area contributed by atoms with Crippen molar-refractivity contribution in [3.63, 3.8) is 0 Å². The molecule has 0 amide bonds. The molecule has 3 heteroatoms. The fourth-order valence-corrected chi connectivity index (χ4v) is 3.37. The summed E-state index contributed by atoms with van der Waals surface area (Å²) in [6, 6.07) is 24.5. The van der Waals surface area contributed by atoms with Gasteiger partial charge >= 0.3 is 0 Å². The Hall–Kier alpha value is -2.44. The molecule has 0 bridgehead atoms. The molecule has 0 radical (unpaired) electrons. The summed E-state index contributed by atoms with van der Waals surface area (Å²) in [6.45, 7) is 0. The highest BCUT2D eigenvalue weighted by Gasteiger charge is 2.14. The summed E-state index contributed by atoms with van der Waals surface area (Å²) in [7, 11) is 0.0453. The average molecular weight is 289 g/mol. The lowest BCUT2D eigenvalue weighted by Gasteiger charge is -2.08. The normalized spacial score (nSPS) is 11.4. The second-order valence-electron chi connectivity index (χ2n) is 4.95. The van der Waals surface area contributed by atoms with Gasteiger partial charge in [-0.3, -0.25) is 4.57 Å². The summed E-state index contributed by atoms with van der Waals surface area (Å²) < 4.78 is 13.8. The van der Waals surface area contributed by atoms with Gasteiger partial charge in [-0.25, -0.2) is 0 Å².